The Kier molecular flexibility index (Phi) is 2.16. The molecule has 0 unspecified atom stereocenters. The van der Waals surface area contributed by atoms with Gasteiger partial charge in [0.05, 0.1) is 5.69 Å². The first kappa shape index (κ1) is 10.3. The van der Waals surface area contributed by atoms with E-state index in [-0.39, 0.29) is 5.91 Å². The largest absolute Gasteiger partial charge is 0.354 e. The van der Waals surface area contributed by atoms with E-state index in [0.29, 0.717) is 6.54 Å². The van der Waals surface area contributed by atoms with Crippen LogP contribution in [0.5, 0.6) is 0 Å². The van der Waals surface area contributed by atoms with E-state index in [4.69, 9.17) is 0 Å². The summed E-state index contributed by atoms with van der Waals surface area (Å²) in [5.74, 6) is 0.120. The van der Waals surface area contributed by atoms with Gasteiger partial charge >= 0.3 is 0 Å². The first-order chi connectivity index (χ1) is 8.27. The predicted molar refractivity (Wildman–Crippen MR) is 67.9 cm³/mol. The maximum absolute atomic E-state index is 12.2. The van der Waals surface area contributed by atoms with E-state index in [0.717, 1.165) is 23.2 Å². The average Bonchev–Trinajstić information content (AvgIpc) is 2.65. The van der Waals surface area contributed by atoms with Crippen LogP contribution < -0.4 is 10.6 Å². The van der Waals surface area contributed by atoms with Crippen LogP contribution in [0.15, 0.2) is 30.3 Å². The summed E-state index contributed by atoms with van der Waals surface area (Å²) in [6.45, 7) is 3.47. The van der Waals surface area contributed by atoms with Crippen molar-refractivity contribution in [1.29, 1.82) is 0 Å². The van der Waals surface area contributed by atoms with Crippen LogP contribution in [-0.2, 0) is 6.54 Å². The number of benzene rings is 2. The van der Waals surface area contributed by atoms with Gasteiger partial charge in [0.2, 0.25) is 0 Å². The quantitative estimate of drug-likeness (QED) is 0.831. The molecule has 3 rings (SSSR count). The lowest BCUT2D eigenvalue weighted by molar-refractivity contribution is -0.386. The third kappa shape index (κ3) is 1.23. The molecule has 86 valence electrons. The maximum atomic E-state index is 12.2. The summed E-state index contributed by atoms with van der Waals surface area (Å²) in [7, 11) is 0. The Morgan fingerprint density at radius 1 is 1.24 bits per heavy atom. The zero-order valence-corrected chi connectivity index (χ0v) is 9.86. The molecule has 0 radical (unpaired) electrons. The van der Waals surface area contributed by atoms with Gasteiger partial charge in [0.25, 0.3) is 5.91 Å². The van der Waals surface area contributed by atoms with Crippen molar-refractivity contribution < 1.29 is 10.5 Å². The molecule has 2 aromatic rings. The van der Waals surface area contributed by atoms with Crippen molar-refractivity contribution in [1.82, 2.24) is 0 Å². The van der Waals surface area contributed by atoms with Crippen LogP contribution in [0.2, 0.25) is 0 Å². The molecule has 1 heterocycles. The number of hydrogen-bond donors (Lipinski definition) is 1. The fourth-order valence-corrected chi connectivity index (χ4v) is 2.64. The number of anilines is 1. The highest BCUT2D eigenvalue weighted by molar-refractivity contribution is 6.25. The SMILES string of the molecule is CCN1C(=O)c2ccc(C[NH3+])c3cccc1c23. The standard InChI is InChI=1S/C14H14N2O/c1-2-16-12-5-3-4-10-9(8-15)6-7-11(13(10)12)14(16)17/h3-7H,2,8,15H2,1H3/p+1. The average molecular weight is 227 g/mol. The molecule has 0 aromatic heterocycles. The highest BCUT2D eigenvalue weighted by Crippen LogP contribution is 2.38. The Balaban J connectivity index is 2.42. The van der Waals surface area contributed by atoms with Gasteiger partial charge in [-0.1, -0.05) is 18.2 Å². The van der Waals surface area contributed by atoms with Gasteiger partial charge in [-0.05, 0) is 24.4 Å². The van der Waals surface area contributed by atoms with E-state index in [1.807, 2.05) is 36.1 Å². The molecule has 0 aliphatic carbocycles. The fraction of sp³-hybridized carbons (Fsp3) is 0.214. The molecule has 0 bridgehead atoms. The molecule has 1 aliphatic heterocycles. The van der Waals surface area contributed by atoms with Crippen molar-refractivity contribution in [3.05, 3.63) is 41.5 Å². The number of rotatable bonds is 2. The fourth-order valence-electron chi connectivity index (χ4n) is 2.64. The minimum Gasteiger partial charge on any atom is -0.354 e. The molecule has 0 atom stereocenters. The number of carbonyl (C=O) groups excluding carboxylic acids is 1. The molecule has 3 heteroatoms. The van der Waals surface area contributed by atoms with Gasteiger partial charge in [0.15, 0.2) is 0 Å². The lowest BCUT2D eigenvalue weighted by Gasteiger charge is -2.14. The summed E-state index contributed by atoms with van der Waals surface area (Å²) in [5, 5.41) is 2.26. The van der Waals surface area contributed by atoms with Crippen LogP contribution in [-0.4, -0.2) is 12.5 Å². The minimum atomic E-state index is 0.120. The molecular formula is C14H15N2O+. The summed E-state index contributed by atoms with van der Waals surface area (Å²) in [6, 6.07) is 10.1. The second-order valence-electron chi connectivity index (χ2n) is 4.27. The van der Waals surface area contributed by atoms with Gasteiger partial charge in [-0.25, -0.2) is 0 Å². The Morgan fingerprint density at radius 2 is 2.06 bits per heavy atom. The molecule has 17 heavy (non-hydrogen) atoms. The molecule has 1 aliphatic rings. The van der Waals surface area contributed by atoms with E-state index in [9.17, 15) is 4.79 Å². The number of amides is 1. The van der Waals surface area contributed by atoms with Crippen molar-refractivity contribution >= 4 is 22.4 Å². The maximum Gasteiger partial charge on any atom is 0.258 e. The van der Waals surface area contributed by atoms with Gasteiger partial charge in [-0.15, -0.1) is 0 Å². The van der Waals surface area contributed by atoms with E-state index >= 15 is 0 Å². The summed E-state index contributed by atoms with van der Waals surface area (Å²) >= 11 is 0. The lowest BCUT2D eigenvalue weighted by atomic mass is 10.0. The molecule has 0 saturated carbocycles. The smallest absolute Gasteiger partial charge is 0.258 e. The number of carbonyl (C=O) groups is 1. The lowest BCUT2D eigenvalue weighted by Crippen LogP contribution is -2.47. The Morgan fingerprint density at radius 3 is 2.76 bits per heavy atom. The molecule has 1 amide bonds. The van der Waals surface area contributed by atoms with Gasteiger partial charge in [0.1, 0.15) is 6.54 Å². The molecule has 3 nitrogen and oxygen atoms in total. The van der Waals surface area contributed by atoms with Crippen molar-refractivity contribution in [3.8, 4) is 0 Å². The first-order valence-corrected chi connectivity index (χ1v) is 5.93. The van der Waals surface area contributed by atoms with E-state index in [2.05, 4.69) is 11.8 Å². The highest BCUT2D eigenvalue weighted by Gasteiger charge is 2.28. The van der Waals surface area contributed by atoms with Crippen molar-refractivity contribution in [2.24, 2.45) is 0 Å². The van der Waals surface area contributed by atoms with E-state index < -0.39 is 0 Å². The van der Waals surface area contributed by atoms with Gasteiger partial charge in [0, 0.05) is 23.1 Å². The zero-order valence-electron chi connectivity index (χ0n) is 9.86. The summed E-state index contributed by atoms with van der Waals surface area (Å²) < 4.78 is 0. The Labute approximate surface area is 99.8 Å². The zero-order chi connectivity index (χ0) is 12.0. The Bertz CT molecular complexity index is 619. The predicted octanol–water partition coefficient (Wildman–Crippen LogP) is 1.56. The molecule has 3 N–H and O–H groups in total. The Hall–Kier alpha value is -1.87. The van der Waals surface area contributed by atoms with E-state index in [1.165, 1.54) is 10.9 Å². The molecule has 0 fully saturated rings. The second kappa shape index (κ2) is 3.57. The van der Waals surface area contributed by atoms with E-state index in [1.54, 1.807) is 0 Å². The van der Waals surface area contributed by atoms with Crippen LogP contribution in [0, 0.1) is 0 Å². The second-order valence-corrected chi connectivity index (χ2v) is 4.27. The topological polar surface area (TPSA) is 48.0 Å². The monoisotopic (exact) mass is 227 g/mol. The van der Waals surface area contributed by atoms with Crippen LogP contribution in [0.1, 0.15) is 22.8 Å². The van der Waals surface area contributed by atoms with Gasteiger partial charge in [-0.3, -0.25) is 4.79 Å². The van der Waals surface area contributed by atoms with Crippen molar-refractivity contribution in [2.75, 3.05) is 11.4 Å². The van der Waals surface area contributed by atoms with Crippen LogP contribution in [0.25, 0.3) is 10.8 Å². The summed E-state index contributed by atoms with van der Waals surface area (Å²) in [5.41, 5.74) is 7.02. The van der Waals surface area contributed by atoms with Crippen molar-refractivity contribution in [2.45, 2.75) is 13.5 Å². The molecular weight excluding hydrogens is 212 g/mol. The van der Waals surface area contributed by atoms with Gasteiger partial charge in [-0.2, -0.15) is 0 Å². The molecule has 2 aromatic carbocycles. The van der Waals surface area contributed by atoms with Crippen LogP contribution >= 0.6 is 0 Å². The first-order valence-electron chi connectivity index (χ1n) is 5.93. The summed E-state index contributed by atoms with van der Waals surface area (Å²) in [4.78, 5) is 14.1. The number of hydrogen-bond acceptors (Lipinski definition) is 1. The molecule has 0 spiro atoms. The third-order valence-electron chi connectivity index (χ3n) is 3.46. The normalized spacial score (nSPS) is 13.8. The third-order valence-corrected chi connectivity index (χ3v) is 3.46. The molecule has 0 saturated heterocycles. The highest BCUT2D eigenvalue weighted by atomic mass is 16.2. The number of nitrogens with zero attached hydrogens (tertiary/aromatic N) is 1. The van der Waals surface area contributed by atoms with Crippen LogP contribution in [0.3, 0.4) is 0 Å². The van der Waals surface area contributed by atoms with Gasteiger partial charge < -0.3 is 10.6 Å². The number of quaternary nitrogens is 1. The van der Waals surface area contributed by atoms with Crippen LogP contribution in [0.4, 0.5) is 5.69 Å². The summed E-state index contributed by atoms with van der Waals surface area (Å²) in [6.07, 6.45) is 0. The minimum absolute atomic E-state index is 0.120. The van der Waals surface area contributed by atoms with Crippen molar-refractivity contribution in [3.63, 3.8) is 0 Å².